The van der Waals surface area contributed by atoms with E-state index in [0.717, 1.165) is 23.1 Å². The van der Waals surface area contributed by atoms with Crippen molar-refractivity contribution in [3.05, 3.63) is 34.6 Å². The Morgan fingerprint density at radius 1 is 0.679 bits per heavy atom. The smallest absolute Gasteiger partial charge is 0.268 e. The van der Waals surface area contributed by atoms with Gasteiger partial charge < -0.3 is 0 Å². The van der Waals surface area contributed by atoms with Gasteiger partial charge in [-0.1, -0.05) is 127 Å². The van der Waals surface area contributed by atoms with Gasteiger partial charge in [-0.15, -0.1) is 0 Å². The number of unbranched alkanes of at least 4 members (excludes halogenated alkanes) is 15. The van der Waals surface area contributed by atoms with Crippen LogP contribution < -0.4 is 5.56 Å². The third kappa shape index (κ3) is 8.94. The van der Waals surface area contributed by atoms with Crippen molar-refractivity contribution in [2.45, 2.75) is 116 Å². The molecule has 3 heteroatoms. The third-order valence-corrected chi connectivity index (χ3v) is 6.89. The highest BCUT2D eigenvalue weighted by atomic mass is 32.1. The Hall–Kier alpha value is -1.09. The molecule has 0 aliphatic carbocycles. The van der Waals surface area contributed by atoms with Gasteiger partial charge in [-0.05, 0) is 18.6 Å². The van der Waals surface area contributed by atoms with Gasteiger partial charge in [0.2, 0.25) is 0 Å². The van der Waals surface area contributed by atoms with Gasteiger partial charge in [0.1, 0.15) is 0 Å². The maximum atomic E-state index is 12.3. The lowest BCUT2D eigenvalue weighted by atomic mass is 10.0. The van der Waals surface area contributed by atoms with Crippen LogP contribution in [-0.4, -0.2) is 3.96 Å². The maximum absolute atomic E-state index is 12.3. The van der Waals surface area contributed by atoms with E-state index in [1.54, 1.807) is 11.5 Å². The number of hydrogen-bond acceptors (Lipinski definition) is 2. The fraction of sp³-hybridized carbons (Fsp3) is 0.720. The van der Waals surface area contributed by atoms with Crippen molar-refractivity contribution in [2.24, 2.45) is 0 Å². The van der Waals surface area contributed by atoms with Crippen LogP contribution in [0.2, 0.25) is 0 Å². The van der Waals surface area contributed by atoms with Crippen LogP contribution in [-0.2, 0) is 6.54 Å². The number of nitrogens with zero attached hydrogens (tertiary/aromatic N) is 1. The summed E-state index contributed by atoms with van der Waals surface area (Å²) in [6.07, 6.45) is 22.2. The Balaban J connectivity index is 1.37. The summed E-state index contributed by atoms with van der Waals surface area (Å²) in [4.78, 5) is 12.3. The highest BCUT2D eigenvalue weighted by Gasteiger charge is 2.05. The Morgan fingerprint density at radius 2 is 1.14 bits per heavy atom. The normalized spacial score (nSPS) is 11.5. The molecule has 2 nitrogen and oxygen atoms in total. The van der Waals surface area contributed by atoms with E-state index in [9.17, 15) is 4.79 Å². The number of benzene rings is 1. The molecule has 0 aliphatic heterocycles. The Morgan fingerprint density at radius 3 is 1.64 bits per heavy atom. The average molecular weight is 404 g/mol. The van der Waals surface area contributed by atoms with E-state index in [2.05, 4.69) is 6.92 Å². The van der Waals surface area contributed by atoms with Crippen molar-refractivity contribution in [3.8, 4) is 0 Å². The van der Waals surface area contributed by atoms with Gasteiger partial charge in [-0.25, -0.2) is 0 Å². The zero-order valence-corrected chi connectivity index (χ0v) is 18.9. The van der Waals surface area contributed by atoms with E-state index >= 15 is 0 Å². The van der Waals surface area contributed by atoms with Crippen molar-refractivity contribution in [3.63, 3.8) is 0 Å². The van der Waals surface area contributed by atoms with E-state index in [-0.39, 0.29) is 5.56 Å². The molecule has 0 unspecified atom stereocenters. The fourth-order valence-electron chi connectivity index (χ4n) is 3.97. The molecule has 1 aromatic carbocycles. The molecule has 0 atom stereocenters. The monoisotopic (exact) mass is 403 g/mol. The van der Waals surface area contributed by atoms with E-state index in [1.807, 2.05) is 28.2 Å². The van der Waals surface area contributed by atoms with Gasteiger partial charge in [0.15, 0.2) is 0 Å². The summed E-state index contributed by atoms with van der Waals surface area (Å²) >= 11 is 1.62. The standard InChI is InChI=1S/C25H41NOS/c1-2-3-4-5-6-7-8-9-10-11-12-13-14-15-16-19-22-26-25(27)23-20-17-18-21-24(23)28-26/h17-18,20-21H,2-16,19,22H2,1H3. The minimum Gasteiger partial charge on any atom is -0.268 e. The van der Waals surface area contributed by atoms with Gasteiger partial charge >= 0.3 is 0 Å². The summed E-state index contributed by atoms with van der Waals surface area (Å²) in [5, 5.41) is 0.879. The molecular formula is C25H41NOS. The summed E-state index contributed by atoms with van der Waals surface area (Å²) in [6.45, 7) is 3.17. The van der Waals surface area contributed by atoms with Gasteiger partial charge in [0.25, 0.3) is 5.56 Å². The molecule has 158 valence electrons. The van der Waals surface area contributed by atoms with Crippen LogP contribution in [0.25, 0.3) is 10.1 Å². The number of fused-ring (bicyclic) bond motifs is 1. The molecule has 0 amide bonds. The van der Waals surface area contributed by atoms with Gasteiger partial charge in [0, 0.05) is 6.54 Å². The Kier molecular flexibility index (Phi) is 12.3. The molecular weight excluding hydrogens is 362 g/mol. The first-order valence-electron chi connectivity index (χ1n) is 11.9. The van der Waals surface area contributed by atoms with E-state index < -0.39 is 0 Å². The molecule has 0 saturated carbocycles. The molecule has 0 spiro atoms. The van der Waals surface area contributed by atoms with Crippen LogP contribution in [0.5, 0.6) is 0 Å². The number of hydrogen-bond donors (Lipinski definition) is 0. The van der Waals surface area contributed by atoms with Crippen LogP contribution in [0.4, 0.5) is 0 Å². The van der Waals surface area contributed by atoms with E-state index in [4.69, 9.17) is 0 Å². The van der Waals surface area contributed by atoms with Gasteiger partial charge in [0.05, 0.1) is 10.1 Å². The molecule has 0 bridgehead atoms. The number of aryl methyl sites for hydroxylation is 1. The topological polar surface area (TPSA) is 22.0 Å². The van der Waals surface area contributed by atoms with Crippen molar-refractivity contribution in [1.82, 2.24) is 3.96 Å². The number of rotatable bonds is 17. The molecule has 0 saturated heterocycles. The molecule has 2 aromatic rings. The fourth-order valence-corrected chi connectivity index (χ4v) is 5.00. The molecule has 28 heavy (non-hydrogen) atoms. The lowest BCUT2D eigenvalue weighted by molar-refractivity contribution is 0.523. The quantitative estimate of drug-likeness (QED) is 0.243. The molecule has 2 rings (SSSR count). The number of aromatic nitrogens is 1. The van der Waals surface area contributed by atoms with Crippen LogP contribution in [0, 0.1) is 0 Å². The molecule has 0 fully saturated rings. The highest BCUT2D eigenvalue weighted by molar-refractivity contribution is 7.13. The van der Waals surface area contributed by atoms with Crippen molar-refractivity contribution >= 4 is 21.6 Å². The predicted octanol–water partition coefficient (Wildman–Crippen LogP) is 8.32. The van der Waals surface area contributed by atoms with E-state index in [0.29, 0.717) is 0 Å². The van der Waals surface area contributed by atoms with Crippen LogP contribution in [0.15, 0.2) is 29.1 Å². The second-order valence-electron chi connectivity index (χ2n) is 8.30. The first kappa shape index (κ1) is 23.2. The third-order valence-electron chi connectivity index (χ3n) is 5.77. The van der Waals surface area contributed by atoms with Crippen molar-refractivity contribution in [1.29, 1.82) is 0 Å². The van der Waals surface area contributed by atoms with Crippen LogP contribution in [0.1, 0.15) is 110 Å². The van der Waals surface area contributed by atoms with Crippen LogP contribution >= 0.6 is 11.5 Å². The average Bonchev–Trinajstić information content (AvgIpc) is 3.03. The summed E-state index contributed by atoms with van der Waals surface area (Å²) in [5.74, 6) is 0. The summed E-state index contributed by atoms with van der Waals surface area (Å²) in [6, 6.07) is 7.95. The first-order valence-corrected chi connectivity index (χ1v) is 12.7. The highest BCUT2D eigenvalue weighted by Crippen LogP contribution is 2.17. The lowest BCUT2D eigenvalue weighted by Crippen LogP contribution is -2.12. The summed E-state index contributed by atoms with van der Waals surface area (Å²) < 4.78 is 3.05. The lowest BCUT2D eigenvalue weighted by Gasteiger charge is -2.04. The van der Waals surface area contributed by atoms with Crippen molar-refractivity contribution < 1.29 is 0 Å². The summed E-state index contributed by atoms with van der Waals surface area (Å²) in [5.41, 5.74) is 0.196. The second kappa shape index (κ2) is 14.8. The SMILES string of the molecule is CCCCCCCCCCCCCCCCCCn1sc2ccccc2c1=O. The van der Waals surface area contributed by atoms with Gasteiger partial charge in [-0.3, -0.25) is 8.75 Å². The zero-order chi connectivity index (χ0) is 19.9. The van der Waals surface area contributed by atoms with Crippen molar-refractivity contribution in [2.75, 3.05) is 0 Å². The largest absolute Gasteiger partial charge is 0.268 e. The molecule has 0 aliphatic rings. The van der Waals surface area contributed by atoms with Crippen LogP contribution in [0.3, 0.4) is 0 Å². The summed E-state index contributed by atoms with van der Waals surface area (Å²) in [7, 11) is 0. The Bertz CT molecular complexity index is 687. The predicted molar refractivity (Wildman–Crippen MR) is 126 cm³/mol. The first-order chi connectivity index (χ1) is 13.8. The van der Waals surface area contributed by atoms with E-state index in [1.165, 1.54) is 96.3 Å². The molecule has 0 radical (unpaired) electrons. The minimum absolute atomic E-state index is 0.196. The Labute approximate surface area is 176 Å². The maximum Gasteiger partial charge on any atom is 0.268 e. The molecule has 1 aromatic heterocycles. The minimum atomic E-state index is 0.196. The molecule has 0 N–H and O–H groups in total. The zero-order valence-electron chi connectivity index (χ0n) is 18.1. The van der Waals surface area contributed by atoms with Gasteiger partial charge in [-0.2, -0.15) is 0 Å². The second-order valence-corrected chi connectivity index (χ2v) is 9.36. The molecule has 1 heterocycles.